The first-order chi connectivity index (χ1) is 43.1. The van der Waals surface area contributed by atoms with E-state index in [0.29, 0.717) is 35.2 Å². The number of nitrogens with zero attached hydrogens (tertiary/aromatic N) is 4. The number of amides is 7. The molecule has 3 saturated heterocycles. The van der Waals surface area contributed by atoms with E-state index >= 15 is 0 Å². The van der Waals surface area contributed by atoms with Gasteiger partial charge in [0.25, 0.3) is 5.91 Å². The number of aliphatic hydroxyl groups excluding tert-OH is 6. The molecule has 4 aromatic carbocycles. The second-order valence-electron chi connectivity index (χ2n) is 22.8. The zero-order chi connectivity index (χ0) is 64.9. The largest absolute Gasteiger partial charge is 0.504 e. The summed E-state index contributed by atoms with van der Waals surface area (Å²) in [5.74, 6) is -8.60. The summed E-state index contributed by atoms with van der Waals surface area (Å²) in [6, 6.07) is 15.2. The van der Waals surface area contributed by atoms with E-state index in [0.717, 1.165) is 39.0 Å². The molecule has 13 atom stereocenters. The van der Waals surface area contributed by atoms with E-state index in [9.17, 15) is 69.3 Å². The van der Waals surface area contributed by atoms with Crippen LogP contribution in [0.25, 0.3) is 32.3 Å². The zero-order valence-corrected chi connectivity index (χ0v) is 50.8. The molecule has 7 amide bonds. The van der Waals surface area contributed by atoms with Crippen molar-refractivity contribution in [2.45, 2.75) is 132 Å². The van der Waals surface area contributed by atoms with Crippen molar-refractivity contribution in [2.24, 2.45) is 17.4 Å². The molecule has 484 valence electrons. The van der Waals surface area contributed by atoms with Crippen LogP contribution < -0.4 is 42.8 Å². The van der Waals surface area contributed by atoms with Crippen LogP contribution in [-0.2, 0) is 46.5 Å². The van der Waals surface area contributed by atoms with Crippen molar-refractivity contribution in [3.63, 3.8) is 0 Å². The molecule has 0 unspecified atom stereocenters. The fraction of sp³-hybridized carbons (Fsp3) is 0.468. The molecule has 27 nitrogen and oxygen atoms in total. The minimum Gasteiger partial charge on any atom is -0.504 e. The van der Waals surface area contributed by atoms with Gasteiger partial charge in [-0.3, -0.25) is 33.6 Å². The molecule has 28 heteroatoms. The number of β-amino-alcohol motifs (C(OH)–C–C–N with tert-alkyl or cyclic N) is 1. The Morgan fingerprint density at radius 1 is 0.711 bits per heavy atom. The van der Waals surface area contributed by atoms with Gasteiger partial charge in [-0.15, -0.1) is 10.2 Å². The van der Waals surface area contributed by atoms with Gasteiger partial charge >= 0.3 is 0 Å². The Balaban J connectivity index is 1.06. The number of phenolic OH excluding ortho intramolecular Hbond substituents is 1. The van der Waals surface area contributed by atoms with Gasteiger partial charge in [0, 0.05) is 68.1 Å². The Morgan fingerprint density at radius 2 is 1.31 bits per heavy atom. The molecule has 90 heavy (non-hydrogen) atoms. The Hall–Kier alpha value is -8.03. The summed E-state index contributed by atoms with van der Waals surface area (Å²) in [4.78, 5) is 103. The van der Waals surface area contributed by atoms with Crippen LogP contribution in [0.2, 0.25) is 0 Å². The van der Waals surface area contributed by atoms with Gasteiger partial charge in [0.05, 0.1) is 49.8 Å². The number of rotatable bonds is 19. The molecule has 3 aliphatic rings. The third kappa shape index (κ3) is 16.7. The molecule has 4 heterocycles. The maximum absolute atomic E-state index is 14.7. The standard InChI is InChI=1S/C62H79N11O16S/c1-4-88-31-34-6-9-36(10-7-34)37-11-15-39(16-12-37)59-70-71-60(90-59)40-17-13-38(14-18-40)54(81)66-43-26-41(75)28-65-58(85)52-53(80)32(2)29-73(52)62(87)51(46(78)20-22-64)69-57(84)50(47(79)24-35-8-19-45(77)48(25-35)89-23-5-21-63)68-56(83)44-27-42(76)30-72(44)61(86)49(33(3)74)67-55(43)82/h6-19,25,32-33,41-44,46-47,49-53,74-80H,4-5,20-24,26-31,63-64H2,1-3H3,(H,65,85)(H,66,81)(H,67,82)(H,68,83)(H,69,84)/t32-,33+,41+,42+,43-,44-,46+,47+,49-,50-,51-,52-,53-/m0/s1. The Labute approximate surface area is 523 Å². The lowest BCUT2D eigenvalue weighted by Crippen LogP contribution is -2.64. The average molecular weight is 1270 g/mol. The molecule has 3 fully saturated rings. The fourth-order valence-electron chi connectivity index (χ4n) is 11.0. The molecule has 0 aliphatic carbocycles. The van der Waals surface area contributed by atoms with Crippen LogP contribution >= 0.6 is 11.3 Å². The van der Waals surface area contributed by atoms with Crippen molar-refractivity contribution in [2.75, 3.05) is 45.9 Å². The molecule has 5 aromatic rings. The molecule has 3 aliphatic heterocycles. The lowest BCUT2D eigenvalue weighted by atomic mass is 9.98. The first-order valence-corrected chi connectivity index (χ1v) is 30.7. The minimum absolute atomic E-state index is 0.00275. The molecule has 0 spiro atoms. The summed E-state index contributed by atoms with van der Waals surface area (Å²) in [5.41, 5.74) is 16.3. The van der Waals surface area contributed by atoms with Crippen molar-refractivity contribution in [3.05, 3.63) is 108 Å². The number of fused-ring (bicyclic) bond motifs is 2. The van der Waals surface area contributed by atoms with E-state index in [4.69, 9.17) is 20.9 Å². The van der Waals surface area contributed by atoms with Crippen LogP contribution in [0.3, 0.4) is 0 Å². The van der Waals surface area contributed by atoms with E-state index in [-0.39, 0.29) is 55.3 Å². The van der Waals surface area contributed by atoms with Crippen molar-refractivity contribution in [3.8, 4) is 43.8 Å². The number of aliphatic hydroxyl groups is 6. The minimum atomic E-state index is -2.04. The Kier molecular flexibility index (Phi) is 23.5. The Bertz CT molecular complexity index is 3300. The monoisotopic (exact) mass is 1270 g/mol. The van der Waals surface area contributed by atoms with Crippen LogP contribution in [0.15, 0.2) is 91.0 Å². The maximum Gasteiger partial charge on any atom is 0.251 e. The van der Waals surface area contributed by atoms with Crippen LogP contribution in [0.5, 0.6) is 11.5 Å². The number of hydrogen-bond acceptors (Lipinski definition) is 21. The quantitative estimate of drug-likeness (QED) is 0.0432. The van der Waals surface area contributed by atoms with Crippen LogP contribution in [0.1, 0.15) is 67.9 Å². The highest BCUT2D eigenvalue weighted by molar-refractivity contribution is 7.17. The summed E-state index contributed by atoms with van der Waals surface area (Å²) < 4.78 is 11.2. The van der Waals surface area contributed by atoms with Gasteiger partial charge in [0.15, 0.2) is 11.5 Å². The number of nitrogens with two attached hydrogens (primary N) is 2. The number of phenols is 1. The summed E-state index contributed by atoms with van der Waals surface area (Å²) in [5, 5.41) is 101. The molecule has 1 aromatic heterocycles. The summed E-state index contributed by atoms with van der Waals surface area (Å²) >= 11 is 1.32. The van der Waals surface area contributed by atoms with E-state index in [1.807, 2.05) is 55.5 Å². The third-order valence-electron chi connectivity index (χ3n) is 16.0. The lowest BCUT2D eigenvalue weighted by molar-refractivity contribution is -0.147. The first kappa shape index (κ1) is 67.9. The van der Waals surface area contributed by atoms with E-state index in [1.54, 1.807) is 12.1 Å². The molecule has 16 N–H and O–H groups in total. The summed E-state index contributed by atoms with van der Waals surface area (Å²) in [6.45, 7) is 4.49. The van der Waals surface area contributed by atoms with Gasteiger partial charge in [0.1, 0.15) is 46.3 Å². The third-order valence-corrected chi connectivity index (χ3v) is 17.0. The zero-order valence-electron chi connectivity index (χ0n) is 50.0. The van der Waals surface area contributed by atoms with Crippen LogP contribution in [-0.4, -0.2) is 216 Å². The number of hydrogen-bond donors (Lipinski definition) is 14. The molecule has 0 radical (unpaired) electrons. The molecule has 0 saturated carbocycles. The second-order valence-corrected chi connectivity index (χ2v) is 23.7. The van der Waals surface area contributed by atoms with Gasteiger partial charge in [-0.25, -0.2) is 0 Å². The van der Waals surface area contributed by atoms with Crippen LogP contribution in [0.4, 0.5) is 0 Å². The number of aromatic nitrogens is 2. The lowest BCUT2D eigenvalue weighted by Gasteiger charge is -2.34. The smallest absolute Gasteiger partial charge is 0.251 e. The SMILES string of the molecule is CCOCc1ccc(-c2ccc(-c3nnc(-c4ccc(C(=O)N[C@H]5C[C@@H](O)CNC(=O)[C@@H]6[C@@H](O)[C@@H](C)CN6C(=O)[C@H]([C@H](O)CCN)NC(=O)[C@H]([C@H](O)Cc6ccc(O)c(OCCCN)c6)NC(=O)[C@@H]6C[C@@H](O)CN6C(=O)[C@H]([C@@H](C)O)NC5=O)cc4)s3)cc2)cc1. The highest BCUT2D eigenvalue weighted by Crippen LogP contribution is 2.33. The average Bonchev–Trinajstić information content (AvgIpc) is 2.02. The molecule has 0 bridgehead atoms. The van der Waals surface area contributed by atoms with Gasteiger partial charge in [0.2, 0.25) is 35.4 Å². The molecule has 8 rings (SSSR count). The predicted octanol–water partition coefficient (Wildman–Crippen LogP) is -1.19. The van der Waals surface area contributed by atoms with Crippen molar-refractivity contribution in [1.29, 1.82) is 0 Å². The van der Waals surface area contributed by atoms with Gasteiger partial charge in [-0.05, 0) is 86.3 Å². The van der Waals surface area contributed by atoms with Crippen LogP contribution in [0, 0.1) is 5.92 Å². The molecular weight excluding hydrogens is 1190 g/mol. The van der Waals surface area contributed by atoms with Crippen molar-refractivity contribution >= 4 is 52.7 Å². The first-order valence-electron chi connectivity index (χ1n) is 29.8. The summed E-state index contributed by atoms with van der Waals surface area (Å²) in [7, 11) is 0. The van der Waals surface area contributed by atoms with Gasteiger partial charge in [-0.2, -0.15) is 0 Å². The van der Waals surface area contributed by atoms with E-state index in [1.165, 1.54) is 48.6 Å². The molecular formula is C62H79N11O16S. The Morgan fingerprint density at radius 3 is 1.94 bits per heavy atom. The van der Waals surface area contributed by atoms with Crippen molar-refractivity contribution < 1.29 is 78.8 Å². The second kappa shape index (κ2) is 31.1. The topological polar surface area (TPSA) is 424 Å². The number of carbonyl (C=O) groups is 7. The number of ether oxygens (including phenoxy) is 2. The number of carbonyl (C=O) groups excluding carboxylic acids is 7. The van der Waals surface area contributed by atoms with Gasteiger partial charge < -0.3 is 93.1 Å². The highest BCUT2D eigenvalue weighted by atomic mass is 32.1. The van der Waals surface area contributed by atoms with E-state index < -0.39 is 152 Å². The number of nitrogens with one attached hydrogen (secondary N) is 5. The number of benzene rings is 4. The highest BCUT2D eigenvalue weighted by Gasteiger charge is 2.50. The summed E-state index contributed by atoms with van der Waals surface area (Å²) in [6.07, 6.45) is -11.4. The predicted molar refractivity (Wildman–Crippen MR) is 327 cm³/mol. The van der Waals surface area contributed by atoms with E-state index in [2.05, 4.69) is 36.8 Å². The van der Waals surface area contributed by atoms with Gasteiger partial charge in [-0.1, -0.05) is 85.0 Å². The maximum atomic E-state index is 14.7. The number of aromatic hydroxyl groups is 1. The fourth-order valence-corrected chi connectivity index (χ4v) is 11.8. The normalized spacial score (nSPS) is 25.0. The van der Waals surface area contributed by atoms with Crippen molar-refractivity contribution in [1.82, 2.24) is 46.6 Å².